The van der Waals surface area contributed by atoms with Gasteiger partial charge >= 0.3 is 0 Å². The number of nitrogens with one attached hydrogen (secondary N) is 1. The summed E-state index contributed by atoms with van der Waals surface area (Å²) in [5.41, 5.74) is 0.539. The molecule has 82 valence electrons. The lowest BCUT2D eigenvalue weighted by Crippen LogP contribution is -2.15. The number of aromatic nitrogens is 1. The van der Waals surface area contributed by atoms with Crippen LogP contribution in [-0.2, 0) is 4.79 Å². The fourth-order valence-corrected chi connectivity index (χ4v) is 1.05. The van der Waals surface area contributed by atoms with Gasteiger partial charge in [0.2, 0.25) is 11.8 Å². The Morgan fingerprint density at radius 2 is 2.40 bits per heavy atom. The summed E-state index contributed by atoms with van der Waals surface area (Å²) in [4.78, 5) is 15.1. The lowest BCUT2D eigenvalue weighted by molar-refractivity contribution is -0.113. The Morgan fingerprint density at radius 3 is 3.00 bits per heavy atom. The molecule has 1 rings (SSSR count). The SMILES string of the molecule is CC(C)Oc1ncccc1NC(=O)CCl. The molecular formula is C10H13ClN2O2. The second-order valence-electron chi connectivity index (χ2n) is 3.20. The predicted octanol–water partition coefficient (Wildman–Crippen LogP) is 2.05. The molecule has 1 amide bonds. The Morgan fingerprint density at radius 1 is 1.67 bits per heavy atom. The smallest absolute Gasteiger partial charge is 0.239 e. The van der Waals surface area contributed by atoms with E-state index in [9.17, 15) is 4.79 Å². The Balaban J connectivity index is 2.81. The van der Waals surface area contributed by atoms with Gasteiger partial charge in [0, 0.05) is 6.20 Å². The highest BCUT2D eigenvalue weighted by Gasteiger charge is 2.08. The molecule has 0 spiro atoms. The van der Waals surface area contributed by atoms with Crippen molar-refractivity contribution < 1.29 is 9.53 Å². The van der Waals surface area contributed by atoms with Gasteiger partial charge in [0.25, 0.3) is 0 Å². The molecule has 0 saturated carbocycles. The van der Waals surface area contributed by atoms with E-state index in [-0.39, 0.29) is 17.9 Å². The molecule has 4 nitrogen and oxygen atoms in total. The summed E-state index contributed by atoms with van der Waals surface area (Å²) in [6.07, 6.45) is 1.61. The third kappa shape index (κ3) is 3.75. The van der Waals surface area contributed by atoms with Crippen molar-refractivity contribution in [3.8, 4) is 5.88 Å². The quantitative estimate of drug-likeness (QED) is 0.803. The van der Waals surface area contributed by atoms with Gasteiger partial charge in [-0.05, 0) is 26.0 Å². The Hall–Kier alpha value is -1.29. The number of anilines is 1. The minimum Gasteiger partial charge on any atom is -0.473 e. The fourth-order valence-electron chi connectivity index (χ4n) is 0.987. The Labute approximate surface area is 93.6 Å². The summed E-state index contributed by atoms with van der Waals surface area (Å²) < 4.78 is 5.42. The predicted molar refractivity (Wildman–Crippen MR) is 59.4 cm³/mol. The van der Waals surface area contributed by atoms with Crippen LogP contribution in [0.4, 0.5) is 5.69 Å². The Bertz CT molecular complexity index is 342. The van der Waals surface area contributed by atoms with Crippen LogP contribution in [0.15, 0.2) is 18.3 Å². The first-order valence-electron chi connectivity index (χ1n) is 4.61. The number of amides is 1. The van der Waals surface area contributed by atoms with Crippen LogP contribution in [0, 0.1) is 0 Å². The standard InChI is InChI=1S/C10H13ClN2O2/c1-7(2)15-10-8(4-3-5-12-10)13-9(14)6-11/h3-5,7H,6H2,1-2H3,(H,13,14). The third-order valence-corrected chi connectivity index (χ3v) is 1.76. The number of alkyl halides is 1. The maximum atomic E-state index is 11.1. The number of pyridine rings is 1. The lowest BCUT2D eigenvalue weighted by atomic mass is 10.4. The molecule has 0 atom stereocenters. The number of carbonyl (C=O) groups excluding carboxylic acids is 1. The molecule has 0 aliphatic rings. The molecule has 1 aromatic heterocycles. The molecule has 1 aromatic rings. The van der Waals surface area contributed by atoms with E-state index in [0.29, 0.717) is 11.6 Å². The van der Waals surface area contributed by atoms with Crippen LogP contribution in [0.2, 0.25) is 0 Å². The number of ether oxygens (including phenoxy) is 1. The third-order valence-electron chi connectivity index (χ3n) is 1.51. The molecule has 0 aromatic carbocycles. The topological polar surface area (TPSA) is 51.2 Å². The van der Waals surface area contributed by atoms with Crippen LogP contribution in [0.3, 0.4) is 0 Å². The first kappa shape index (κ1) is 11.8. The van der Waals surface area contributed by atoms with Crippen LogP contribution in [0.1, 0.15) is 13.8 Å². The van der Waals surface area contributed by atoms with Crippen molar-refractivity contribution in [2.75, 3.05) is 11.2 Å². The number of carbonyl (C=O) groups is 1. The van der Waals surface area contributed by atoms with Crippen LogP contribution >= 0.6 is 11.6 Å². The van der Waals surface area contributed by atoms with E-state index >= 15 is 0 Å². The number of rotatable bonds is 4. The summed E-state index contributed by atoms with van der Waals surface area (Å²) in [7, 11) is 0. The molecular weight excluding hydrogens is 216 g/mol. The number of hydrogen-bond acceptors (Lipinski definition) is 3. The van der Waals surface area contributed by atoms with E-state index in [4.69, 9.17) is 16.3 Å². The van der Waals surface area contributed by atoms with Gasteiger partial charge in [0.15, 0.2) is 0 Å². The van der Waals surface area contributed by atoms with E-state index in [1.807, 2.05) is 13.8 Å². The largest absolute Gasteiger partial charge is 0.473 e. The molecule has 0 saturated heterocycles. The van der Waals surface area contributed by atoms with E-state index in [1.54, 1.807) is 18.3 Å². The molecule has 0 aliphatic heterocycles. The van der Waals surface area contributed by atoms with E-state index in [2.05, 4.69) is 10.3 Å². The van der Waals surface area contributed by atoms with Gasteiger partial charge in [0.1, 0.15) is 11.6 Å². The normalized spacial score (nSPS) is 10.1. The molecule has 5 heteroatoms. The van der Waals surface area contributed by atoms with Crippen molar-refractivity contribution in [3.63, 3.8) is 0 Å². The lowest BCUT2D eigenvalue weighted by Gasteiger charge is -2.12. The van der Waals surface area contributed by atoms with Crippen molar-refractivity contribution >= 4 is 23.2 Å². The molecule has 1 N–H and O–H groups in total. The van der Waals surface area contributed by atoms with Crippen molar-refractivity contribution in [3.05, 3.63) is 18.3 Å². The summed E-state index contributed by atoms with van der Waals surface area (Å²) in [6, 6.07) is 3.44. The van der Waals surface area contributed by atoms with E-state index in [1.165, 1.54) is 0 Å². The molecule has 1 heterocycles. The monoisotopic (exact) mass is 228 g/mol. The summed E-state index contributed by atoms with van der Waals surface area (Å²) in [6.45, 7) is 3.78. The minimum absolute atomic E-state index is 0.00607. The number of hydrogen-bond donors (Lipinski definition) is 1. The molecule has 15 heavy (non-hydrogen) atoms. The van der Waals surface area contributed by atoms with Crippen LogP contribution in [0.25, 0.3) is 0 Å². The van der Waals surface area contributed by atoms with Crippen molar-refractivity contribution in [2.24, 2.45) is 0 Å². The molecule has 0 unspecified atom stereocenters. The Kier molecular flexibility index (Phi) is 4.37. The molecule has 0 fully saturated rings. The maximum Gasteiger partial charge on any atom is 0.239 e. The van der Waals surface area contributed by atoms with Crippen molar-refractivity contribution in [2.45, 2.75) is 20.0 Å². The van der Waals surface area contributed by atoms with Crippen LogP contribution < -0.4 is 10.1 Å². The number of nitrogens with zero attached hydrogens (tertiary/aromatic N) is 1. The molecule has 0 radical (unpaired) electrons. The van der Waals surface area contributed by atoms with Gasteiger partial charge in [-0.15, -0.1) is 11.6 Å². The highest BCUT2D eigenvalue weighted by atomic mass is 35.5. The molecule has 0 aliphatic carbocycles. The summed E-state index contributed by atoms with van der Waals surface area (Å²) >= 11 is 5.39. The van der Waals surface area contributed by atoms with Crippen LogP contribution in [-0.4, -0.2) is 22.9 Å². The van der Waals surface area contributed by atoms with Gasteiger partial charge in [-0.3, -0.25) is 4.79 Å². The first-order chi connectivity index (χ1) is 7.13. The van der Waals surface area contributed by atoms with Gasteiger partial charge in [0.05, 0.1) is 6.10 Å². The van der Waals surface area contributed by atoms with Gasteiger partial charge in [-0.1, -0.05) is 0 Å². The average Bonchev–Trinajstić information content (AvgIpc) is 2.20. The van der Waals surface area contributed by atoms with E-state index < -0.39 is 0 Å². The van der Waals surface area contributed by atoms with Gasteiger partial charge < -0.3 is 10.1 Å². The molecule has 0 bridgehead atoms. The van der Waals surface area contributed by atoms with E-state index in [0.717, 1.165) is 0 Å². The summed E-state index contributed by atoms with van der Waals surface area (Å²) in [5.74, 6) is 0.0416. The maximum absolute atomic E-state index is 11.1. The van der Waals surface area contributed by atoms with Gasteiger partial charge in [-0.2, -0.15) is 0 Å². The zero-order valence-corrected chi connectivity index (χ0v) is 9.41. The zero-order chi connectivity index (χ0) is 11.3. The zero-order valence-electron chi connectivity index (χ0n) is 8.66. The van der Waals surface area contributed by atoms with Gasteiger partial charge in [-0.25, -0.2) is 4.98 Å². The number of halogens is 1. The minimum atomic E-state index is -0.279. The highest BCUT2D eigenvalue weighted by molar-refractivity contribution is 6.29. The van der Waals surface area contributed by atoms with Crippen molar-refractivity contribution in [1.82, 2.24) is 4.98 Å². The van der Waals surface area contributed by atoms with Crippen LogP contribution in [0.5, 0.6) is 5.88 Å². The first-order valence-corrected chi connectivity index (χ1v) is 5.14. The average molecular weight is 229 g/mol. The second kappa shape index (κ2) is 5.56. The summed E-state index contributed by atoms with van der Waals surface area (Å²) in [5, 5.41) is 2.61. The van der Waals surface area contributed by atoms with Crippen molar-refractivity contribution in [1.29, 1.82) is 0 Å². The second-order valence-corrected chi connectivity index (χ2v) is 3.47. The highest BCUT2D eigenvalue weighted by Crippen LogP contribution is 2.21. The fraction of sp³-hybridized carbons (Fsp3) is 0.400.